The lowest BCUT2D eigenvalue weighted by Crippen LogP contribution is -2.13. The van der Waals surface area contributed by atoms with Crippen molar-refractivity contribution < 1.29 is 14.0 Å². The van der Waals surface area contributed by atoms with Crippen molar-refractivity contribution in [2.45, 2.75) is 26.8 Å². The summed E-state index contributed by atoms with van der Waals surface area (Å²) in [6.07, 6.45) is 3.22. The fourth-order valence-electron chi connectivity index (χ4n) is 3.17. The maximum atomic E-state index is 13.1. The molecule has 3 heterocycles. The number of hydrogen-bond acceptors (Lipinski definition) is 5. The van der Waals surface area contributed by atoms with Crippen molar-refractivity contribution >= 4 is 34.2 Å². The van der Waals surface area contributed by atoms with Gasteiger partial charge in [0.25, 0.3) is 5.91 Å². The number of fused-ring (bicyclic) bond motifs is 1. The molecule has 3 aromatic heterocycles. The molecule has 1 aromatic carbocycles. The van der Waals surface area contributed by atoms with Gasteiger partial charge in [-0.25, -0.2) is 9.67 Å². The van der Waals surface area contributed by atoms with Crippen LogP contribution in [0.25, 0.3) is 22.5 Å². The zero-order valence-electron chi connectivity index (χ0n) is 16.8. The summed E-state index contributed by atoms with van der Waals surface area (Å²) in [5, 5.41) is 10.7. The average molecular weight is 403 g/mol. The quantitative estimate of drug-likeness (QED) is 0.511. The minimum atomic E-state index is -0.286. The zero-order chi connectivity index (χ0) is 21.3. The van der Waals surface area contributed by atoms with E-state index in [0.29, 0.717) is 39.4 Å². The Morgan fingerprint density at radius 3 is 2.37 bits per heavy atom. The Morgan fingerprint density at radius 1 is 1.07 bits per heavy atom. The number of rotatable bonds is 5. The average Bonchev–Trinajstić information content (AvgIpc) is 3.38. The first-order valence-corrected chi connectivity index (χ1v) is 9.53. The van der Waals surface area contributed by atoms with E-state index in [9.17, 15) is 9.59 Å². The van der Waals surface area contributed by atoms with Crippen molar-refractivity contribution in [3.63, 3.8) is 0 Å². The monoisotopic (exact) mass is 403 g/mol. The summed E-state index contributed by atoms with van der Waals surface area (Å²) in [6.45, 7) is 5.45. The van der Waals surface area contributed by atoms with Crippen molar-refractivity contribution in [1.82, 2.24) is 14.8 Å². The molecule has 0 atom stereocenters. The Morgan fingerprint density at radius 2 is 1.77 bits per heavy atom. The van der Waals surface area contributed by atoms with Crippen molar-refractivity contribution in [2.24, 2.45) is 0 Å². The van der Waals surface area contributed by atoms with Gasteiger partial charge >= 0.3 is 0 Å². The molecule has 0 saturated heterocycles. The smallest absolute Gasteiger partial charge is 0.256 e. The highest BCUT2D eigenvalue weighted by Crippen LogP contribution is 2.27. The lowest BCUT2D eigenvalue weighted by atomic mass is 10.1. The summed E-state index contributed by atoms with van der Waals surface area (Å²) < 4.78 is 7.26. The van der Waals surface area contributed by atoms with Gasteiger partial charge in [-0.1, -0.05) is 0 Å². The molecule has 0 bridgehead atoms. The summed E-state index contributed by atoms with van der Waals surface area (Å²) in [4.78, 5) is 29.0. The summed E-state index contributed by atoms with van der Waals surface area (Å²) in [7, 11) is 0. The van der Waals surface area contributed by atoms with Crippen molar-refractivity contribution in [2.75, 3.05) is 10.6 Å². The first-order valence-electron chi connectivity index (χ1n) is 9.53. The molecule has 2 amide bonds. The lowest BCUT2D eigenvalue weighted by molar-refractivity contribution is -0.114. The zero-order valence-corrected chi connectivity index (χ0v) is 16.8. The van der Waals surface area contributed by atoms with Crippen LogP contribution in [-0.2, 0) is 4.79 Å². The molecule has 4 aromatic rings. The second-order valence-electron chi connectivity index (χ2n) is 7.17. The number of amides is 2. The summed E-state index contributed by atoms with van der Waals surface area (Å²) >= 11 is 0. The number of furan rings is 1. The predicted molar refractivity (Wildman–Crippen MR) is 114 cm³/mol. The number of carbonyl (C=O) groups is 2. The molecule has 30 heavy (non-hydrogen) atoms. The second-order valence-corrected chi connectivity index (χ2v) is 7.17. The molecule has 0 fully saturated rings. The Kier molecular flexibility index (Phi) is 5.05. The van der Waals surface area contributed by atoms with Gasteiger partial charge in [0.15, 0.2) is 11.4 Å². The van der Waals surface area contributed by atoms with Crippen LogP contribution in [0.5, 0.6) is 0 Å². The van der Waals surface area contributed by atoms with E-state index in [2.05, 4.69) is 20.7 Å². The van der Waals surface area contributed by atoms with Crippen molar-refractivity contribution in [3.8, 4) is 11.5 Å². The van der Waals surface area contributed by atoms with Crippen LogP contribution in [0.1, 0.15) is 37.2 Å². The first kappa shape index (κ1) is 19.4. The molecular weight excluding hydrogens is 382 g/mol. The Bertz CT molecular complexity index is 1210. The molecule has 0 aliphatic carbocycles. The second kappa shape index (κ2) is 7.82. The van der Waals surface area contributed by atoms with E-state index in [0.717, 1.165) is 0 Å². The molecule has 2 N–H and O–H groups in total. The minimum Gasteiger partial charge on any atom is -0.463 e. The van der Waals surface area contributed by atoms with E-state index in [4.69, 9.17) is 4.42 Å². The topological polar surface area (TPSA) is 102 Å². The summed E-state index contributed by atoms with van der Waals surface area (Å²) in [5.74, 6) is 0.131. The van der Waals surface area contributed by atoms with Gasteiger partial charge in [-0.2, -0.15) is 5.10 Å². The maximum Gasteiger partial charge on any atom is 0.256 e. The normalized spacial score (nSPS) is 11.1. The molecule has 152 valence electrons. The third-order valence-electron chi connectivity index (χ3n) is 4.54. The third-order valence-corrected chi connectivity index (χ3v) is 4.54. The maximum absolute atomic E-state index is 13.1. The van der Waals surface area contributed by atoms with Gasteiger partial charge < -0.3 is 15.1 Å². The highest BCUT2D eigenvalue weighted by atomic mass is 16.3. The van der Waals surface area contributed by atoms with E-state index >= 15 is 0 Å². The molecule has 0 saturated carbocycles. The van der Waals surface area contributed by atoms with Crippen LogP contribution >= 0.6 is 0 Å². The molecule has 0 radical (unpaired) electrons. The Balaban J connectivity index is 1.71. The lowest BCUT2D eigenvalue weighted by Gasteiger charge is -2.11. The number of nitrogens with zero attached hydrogens (tertiary/aromatic N) is 3. The van der Waals surface area contributed by atoms with Crippen molar-refractivity contribution in [3.05, 3.63) is 60.5 Å². The third kappa shape index (κ3) is 3.80. The number of anilines is 2. The van der Waals surface area contributed by atoms with E-state index in [1.807, 2.05) is 13.8 Å². The number of benzene rings is 1. The predicted octanol–water partition coefficient (Wildman–Crippen LogP) is 4.48. The van der Waals surface area contributed by atoms with Crippen LogP contribution in [0.2, 0.25) is 0 Å². The molecule has 8 heteroatoms. The van der Waals surface area contributed by atoms with E-state index < -0.39 is 0 Å². The van der Waals surface area contributed by atoms with Gasteiger partial charge in [-0.15, -0.1) is 0 Å². The summed E-state index contributed by atoms with van der Waals surface area (Å²) in [6, 6.07) is 12.3. The highest BCUT2D eigenvalue weighted by molar-refractivity contribution is 6.12. The van der Waals surface area contributed by atoms with Crippen LogP contribution < -0.4 is 10.6 Å². The van der Waals surface area contributed by atoms with Gasteiger partial charge in [0.2, 0.25) is 5.91 Å². The number of nitrogens with one attached hydrogen (secondary N) is 2. The molecule has 4 rings (SSSR count). The molecule has 8 nitrogen and oxygen atoms in total. The number of carbonyl (C=O) groups excluding carboxylic acids is 2. The van der Waals surface area contributed by atoms with E-state index in [1.54, 1.807) is 59.6 Å². The van der Waals surface area contributed by atoms with Crippen LogP contribution in [0, 0.1) is 0 Å². The number of aromatic nitrogens is 3. The fourth-order valence-corrected chi connectivity index (χ4v) is 3.17. The van der Waals surface area contributed by atoms with Crippen LogP contribution in [0.15, 0.2) is 59.3 Å². The van der Waals surface area contributed by atoms with Gasteiger partial charge in [0.1, 0.15) is 5.69 Å². The van der Waals surface area contributed by atoms with Crippen LogP contribution in [0.3, 0.4) is 0 Å². The number of hydrogen-bond donors (Lipinski definition) is 2. The van der Waals surface area contributed by atoms with Gasteiger partial charge in [-0.05, 0) is 56.3 Å². The summed E-state index contributed by atoms with van der Waals surface area (Å²) in [5.41, 5.74) is 2.88. The van der Waals surface area contributed by atoms with Gasteiger partial charge in [0, 0.05) is 24.3 Å². The standard InChI is InChI=1S/C22H21N5O3/c1-13(2)27-21-18(12-23-27)17(11-19(26-21)20-5-4-10-30-20)22(29)25-16-8-6-15(7-9-16)24-14(3)28/h4-13H,1-3H3,(H,24,28)(H,25,29). The first-order chi connectivity index (χ1) is 14.4. The molecule has 0 aliphatic rings. The molecule has 0 aliphatic heterocycles. The Hall–Kier alpha value is -3.94. The Labute approximate surface area is 172 Å². The molecule has 0 spiro atoms. The van der Waals surface area contributed by atoms with E-state index in [1.165, 1.54) is 6.92 Å². The van der Waals surface area contributed by atoms with Crippen LogP contribution in [0.4, 0.5) is 11.4 Å². The largest absolute Gasteiger partial charge is 0.463 e. The van der Waals surface area contributed by atoms with Gasteiger partial charge in [0.05, 0.1) is 23.4 Å². The number of pyridine rings is 1. The molecular formula is C22H21N5O3. The van der Waals surface area contributed by atoms with E-state index in [-0.39, 0.29) is 17.9 Å². The van der Waals surface area contributed by atoms with Gasteiger partial charge in [-0.3, -0.25) is 9.59 Å². The fraction of sp³-hybridized carbons (Fsp3) is 0.182. The van der Waals surface area contributed by atoms with Crippen LogP contribution in [-0.4, -0.2) is 26.6 Å². The minimum absolute atomic E-state index is 0.0825. The SMILES string of the molecule is CC(=O)Nc1ccc(NC(=O)c2cc(-c3ccco3)nc3c2cnn3C(C)C)cc1. The molecule has 0 unspecified atom stereocenters. The highest BCUT2D eigenvalue weighted by Gasteiger charge is 2.19. The van der Waals surface area contributed by atoms with Crippen molar-refractivity contribution in [1.29, 1.82) is 0 Å².